The minimum Gasteiger partial charge on any atom is -0.504 e. The van der Waals surface area contributed by atoms with E-state index in [1.54, 1.807) is 41.3 Å². The molecule has 29 heavy (non-hydrogen) atoms. The van der Waals surface area contributed by atoms with Crippen molar-refractivity contribution >= 4 is 28.9 Å². The van der Waals surface area contributed by atoms with Crippen LogP contribution in [0, 0.1) is 0 Å². The van der Waals surface area contributed by atoms with Crippen molar-refractivity contribution in [3.8, 4) is 17.2 Å². The Bertz CT molecular complexity index is 1050. The number of ether oxygens (including phenoxy) is 1. The number of nitrogens with zero attached hydrogens (tertiary/aromatic N) is 1. The van der Waals surface area contributed by atoms with Crippen LogP contribution in [0.2, 0.25) is 5.02 Å². The molecule has 3 aromatic rings. The van der Waals surface area contributed by atoms with Gasteiger partial charge in [0, 0.05) is 16.9 Å². The van der Waals surface area contributed by atoms with Crippen LogP contribution in [-0.4, -0.2) is 22.7 Å². The molecule has 0 radical (unpaired) electrons. The highest BCUT2D eigenvalue weighted by Gasteiger charge is 2.34. The van der Waals surface area contributed by atoms with Gasteiger partial charge in [-0.25, -0.2) is 0 Å². The van der Waals surface area contributed by atoms with Gasteiger partial charge in [-0.3, -0.25) is 9.69 Å². The first-order chi connectivity index (χ1) is 14.0. The van der Waals surface area contributed by atoms with Gasteiger partial charge in [0.25, 0.3) is 5.91 Å². The summed E-state index contributed by atoms with van der Waals surface area (Å²) in [6.45, 7) is 2.45. The number of fused-ring (bicyclic) bond motifs is 1. The van der Waals surface area contributed by atoms with Crippen LogP contribution in [0.15, 0.2) is 60.7 Å². The number of hydrogen-bond donors (Lipinski definition) is 3. The maximum atomic E-state index is 13.4. The highest BCUT2D eigenvalue weighted by atomic mass is 35.5. The average Bonchev–Trinajstić information content (AvgIpc) is 2.72. The molecule has 1 heterocycles. The predicted molar refractivity (Wildman–Crippen MR) is 112 cm³/mol. The molecule has 0 aliphatic carbocycles. The Hall–Kier alpha value is -3.38. The zero-order valence-electron chi connectivity index (χ0n) is 15.6. The Kier molecular flexibility index (Phi) is 4.94. The Labute approximate surface area is 172 Å². The maximum absolute atomic E-state index is 13.4. The molecule has 0 unspecified atom stereocenters. The molecular weight excluding hydrogens is 392 g/mol. The lowest BCUT2D eigenvalue weighted by Crippen LogP contribution is -2.43. The van der Waals surface area contributed by atoms with Crippen molar-refractivity contribution in [2.45, 2.75) is 13.1 Å². The van der Waals surface area contributed by atoms with Crippen molar-refractivity contribution in [3.63, 3.8) is 0 Å². The second kappa shape index (κ2) is 7.56. The summed E-state index contributed by atoms with van der Waals surface area (Å²) in [6, 6.07) is 17.3. The van der Waals surface area contributed by atoms with Gasteiger partial charge in [-0.1, -0.05) is 23.7 Å². The van der Waals surface area contributed by atoms with E-state index in [4.69, 9.17) is 16.3 Å². The number of benzene rings is 3. The number of para-hydroxylation sites is 1. The van der Waals surface area contributed by atoms with Crippen molar-refractivity contribution in [2.24, 2.45) is 0 Å². The number of nitrogens with one attached hydrogen (secondary N) is 1. The minimum atomic E-state index is -0.639. The van der Waals surface area contributed by atoms with E-state index in [0.29, 0.717) is 34.9 Å². The summed E-state index contributed by atoms with van der Waals surface area (Å²) in [5.41, 5.74) is 2.39. The zero-order chi connectivity index (χ0) is 20.5. The maximum Gasteiger partial charge on any atom is 0.262 e. The SMILES string of the molecule is CCOc1ccc(N2C(=O)c3ccccc3N[C@@H]2c2cc(O)c(O)c(Cl)c2)cc1. The van der Waals surface area contributed by atoms with E-state index in [9.17, 15) is 15.0 Å². The van der Waals surface area contributed by atoms with Crippen LogP contribution in [0.4, 0.5) is 11.4 Å². The first-order valence-corrected chi connectivity index (χ1v) is 9.50. The van der Waals surface area contributed by atoms with Crippen LogP contribution < -0.4 is 15.0 Å². The molecule has 0 aromatic heterocycles. The Morgan fingerprint density at radius 2 is 1.83 bits per heavy atom. The van der Waals surface area contributed by atoms with Crippen LogP contribution >= 0.6 is 11.6 Å². The van der Waals surface area contributed by atoms with E-state index in [0.717, 1.165) is 0 Å². The number of anilines is 2. The number of phenolic OH excluding ortho intramolecular Hbond substituents is 2. The van der Waals surface area contributed by atoms with Crippen molar-refractivity contribution in [1.82, 2.24) is 0 Å². The zero-order valence-corrected chi connectivity index (χ0v) is 16.3. The van der Waals surface area contributed by atoms with E-state index in [-0.39, 0.29) is 16.7 Å². The third kappa shape index (κ3) is 3.43. The van der Waals surface area contributed by atoms with Gasteiger partial charge in [-0.2, -0.15) is 0 Å². The summed E-state index contributed by atoms with van der Waals surface area (Å²) < 4.78 is 5.49. The monoisotopic (exact) mass is 410 g/mol. The summed E-state index contributed by atoms with van der Waals surface area (Å²) in [4.78, 5) is 14.9. The number of rotatable bonds is 4. The van der Waals surface area contributed by atoms with Gasteiger partial charge < -0.3 is 20.3 Å². The fraction of sp³-hybridized carbons (Fsp3) is 0.136. The van der Waals surface area contributed by atoms with Gasteiger partial charge in [0.2, 0.25) is 0 Å². The topological polar surface area (TPSA) is 82.0 Å². The molecule has 4 rings (SSSR count). The fourth-order valence-electron chi connectivity index (χ4n) is 3.39. The number of halogens is 1. The lowest BCUT2D eigenvalue weighted by molar-refractivity contribution is 0.0975. The van der Waals surface area contributed by atoms with E-state index >= 15 is 0 Å². The largest absolute Gasteiger partial charge is 0.504 e. The summed E-state index contributed by atoms with van der Waals surface area (Å²) in [5, 5.41) is 23.2. The molecule has 3 aromatic carbocycles. The predicted octanol–water partition coefficient (Wildman–Crippen LogP) is 4.92. The van der Waals surface area contributed by atoms with Gasteiger partial charge in [0.05, 0.1) is 17.2 Å². The van der Waals surface area contributed by atoms with Crippen LogP contribution in [0.3, 0.4) is 0 Å². The Morgan fingerprint density at radius 3 is 2.52 bits per heavy atom. The highest BCUT2D eigenvalue weighted by molar-refractivity contribution is 6.32. The molecule has 1 amide bonds. The van der Waals surface area contributed by atoms with E-state index in [2.05, 4.69) is 5.32 Å². The van der Waals surface area contributed by atoms with Gasteiger partial charge in [-0.05, 0) is 55.5 Å². The summed E-state index contributed by atoms with van der Waals surface area (Å²) in [5.74, 6) is -0.244. The Balaban J connectivity index is 1.83. The van der Waals surface area contributed by atoms with E-state index < -0.39 is 11.9 Å². The van der Waals surface area contributed by atoms with Gasteiger partial charge in [0.1, 0.15) is 11.9 Å². The second-order valence-electron chi connectivity index (χ2n) is 6.56. The van der Waals surface area contributed by atoms with Crippen molar-refractivity contribution in [1.29, 1.82) is 0 Å². The lowest BCUT2D eigenvalue weighted by atomic mass is 10.0. The molecule has 0 fully saturated rings. The third-order valence-electron chi connectivity index (χ3n) is 4.73. The summed E-state index contributed by atoms with van der Waals surface area (Å²) >= 11 is 6.07. The number of phenols is 2. The number of amides is 1. The third-order valence-corrected chi connectivity index (χ3v) is 5.02. The lowest BCUT2D eigenvalue weighted by Gasteiger charge is -2.38. The number of hydrogen-bond acceptors (Lipinski definition) is 5. The standard InChI is InChI=1S/C22H19ClN2O4/c1-2-29-15-9-7-14(8-10-15)25-21(13-11-17(23)20(27)19(26)12-13)24-18-6-4-3-5-16(18)22(25)28/h3-12,21,24,26-27H,2H2,1H3/t21-/m0/s1. The molecule has 7 heteroatoms. The molecule has 0 saturated carbocycles. The fourth-order valence-corrected chi connectivity index (χ4v) is 3.61. The van der Waals surface area contributed by atoms with Gasteiger partial charge >= 0.3 is 0 Å². The Morgan fingerprint density at radius 1 is 1.10 bits per heavy atom. The van der Waals surface area contributed by atoms with Crippen LogP contribution in [0.25, 0.3) is 0 Å². The number of carbonyl (C=O) groups excluding carboxylic acids is 1. The average molecular weight is 411 g/mol. The molecule has 1 aliphatic heterocycles. The molecule has 1 aliphatic rings. The van der Waals surface area contributed by atoms with Crippen LogP contribution in [0.5, 0.6) is 17.2 Å². The van der Waals surface area contributed by atoms with Crippen molar-refractivity contribution < 1.29 is 19.7 Å². The summed E-state index contributed by atoms with van der Waals surface area (Å²) in [7, 11) is 0. The van der Waals surface area contributed by atoms with Crippen LogP contribution in [-0.2, 0) is 0 Å². The molecule has 0 saturated heterocycles. The number of carbonyl (C=O) groups is 1. The molecule has 0 spiro atoms. The highest BCUT2D eigenvalue weighted by Crippen LogP contribution is 2.41. The van der Waals surface area contributed by atoms with Gasteiger partial charge in [-0.15, -0.1) is 0 Å². The first-order valence-electron chi connectivity index (χ1n) is 9.13. The molecule has 148 valence electrons. The molecule has 0 bridgehead atoms. The van der Waals surface area contributed by atoms with E-state index in [1.165, 1.54) is 12.1 Å². The van der Waals surface area contributed by atoms with Crippen LogP contribution in [0.1, 0.15) is 29.0 Å². The van der Waals surface area contributed by atoms with E-state index in [1.807, 2.05) is 19.1 Å². The molecule has 3 N–H and O–H groups in total. The molecule has 6 nitrogen and oxygen atoms in total. The summed E-state index contributed by atoms with van der Waals surface area (Å²) in [6.07, 6.45) is -0.639. The molecular formula is C22H19ClN2O4. The molecule has 1 atom stereocenters. The quantitative estimate of drug-likeness (QED) is 0.532. The second-order valence-corrected chi connectivity index (χ2v) is 6.97. The normalized spacial score (nSPS) is 15.6. The first kappa shape index (κ1) is 19.0. The minimum absolute atomic E-state index is 0.000230. The number of aromatic hydroxyl groups is 2. The van der Waals surface area contributed by atoms with Crippen molar-refractivity contribution in [3.05, 3.63) is 76.8 Å². The van der Waals surface area contributed by atoms with Gasteiger partial charge in [0.15, 0.2) is 11.5 Å². The van der Waals surface area contributed by atoms with Crippen molar-refractivity contribution in [2.75, 3.05) is 16.8 Å². The smallest absolute Gasteiger partial charge is 0.262 e.